The molecule has 100 valence electrons. The first-order chi connectivity index (χ1) is 7.83. The topological polar surface area (TPSA) is 49.7 Å². The average molecular weight is 234 g/mol. The summed E-state index contributed by atoms with van der Waals surface area (Å²) < 4.78 is 5.31. The van der Waals surface area contributed by atoms with Gasteiger partial charge in [-0.2, -0.15) is 0 Å². The maximum atomic E-state index is 8.21. The molecule has 0 aromatic heterocycles. The van der Waals surface area contributed by atoms with Crippen LogP contribution >= 0.6 is 0 Å². The first-order valence-electron chi connectivity index (χ1n) is 6.62. The van der Waals surface area contributed by atoms with Gasteiger partial charge in [0.2, 0.25) is 0 Å². The van der Waals surface area contributed by atoms with Crippen molar-refractivity contribution in [2.45, 2.75) is 58.8 Å². The van der Waals surface area contributed by atoms with E-state index in [1.165, 1.54) is 25.7 Å². The lowest BCUT2D eigenvalue weighted by Gasteiger charge is -1.99. The number of unbranched alkanes of at least 4 members (excludes halogenated alkanes) is 4. The van der Waals surface area contributed by atoms with Crippen molar-refractivity contribution >= 4 is 0 Å². The summed E-state index contributed by atoms with van der Waals surface area (Å²) in [5, 5.41) is 16.4. The Hall–Kier alpha value is -0.120. The van der Waals surface area contributed by atoms with Gasteiger partial charge in [0.05, 0.1) is 0 Å². The monoisotopic (exact) mass is 234 g/mol. The van der Waals surface area contributed by atoms with Crippen LogP contribution in [-0.4, -0.2) is 36.6 Å². The van der Waals surface area contributed by atoms with Crippen molar-refractivity contribution in [2.24, 2.45) is 0 Å². The van der Waals surface area contributed by atoms with Gasteiger partial charge in [0, 0.05) is 26.4 Å². The fourth-order valence-electron chi connectivity index (χ4n) is 0.995. The molecule has 0 unspecified atom stereocenters. The van der Waals surface area contributed by atoms with E-state index in [2.05, 4.69) is 13.8 Å². The van der Waals surface area contributed by atoms with Gasteiger partial charge in [-0.05, 0) is 32.1 Å². The van der Waals surface area contributed by atoms with Gasteiger partial charge in [-0.15, -0.1) is 0 Å². The standard InChI is InChI=1S/C8H18O.C5H12O2/c1-3-5-7-9-8-6-4-2;6-4-2-1-3-5-7/h3-8H2,1-2H3;6-7H,1-5H2. The van der Waals surface area contributed by atoms with Crippen LogP contribution in [-0.2, 0) is 4.74 Å². The van der Waals surface area contributed by atoms with E-state index in [1.54, 1.807) is 0 Å². The van der Waals surface area contributed by atoms with E-state index >= 15 is 0 Å². The molecule has 0 bridgehead atoms. The van der Waals surface area contributed by atoms with Crippen molar-refractivity contribution < 1.29 is 14.9 Å². The van der Waals surface area contributed by atoms with Crippen LogP contribution in [0.5, 0.6) is 0 Å². The zero-order valence-electron chi connectivity index (χ0n) is 11.1. The number of aliphatic hydroxyl groups is 2. The number of aliphatic hydroxyl groups excluding tert-OH is 2. The van der Waals surface area contributed by atoms with Crippen molar-refractivity contribution in [1.82, 2.24) is 0 Å². The lowest BCUT2D eigenvalue weighted by Crippen LogP contribution is -1.95. The third-order valence-corrected chi connectivity index (χ3v) is 2.10. The summed E-state index contributed by atoms with van der Waals surface area (Å²) in [5.74, 6) is 0. The lowest BCUT2D eigenvalue weighted by molar-refractivity contribution is 0.128. The van der Waals surface area contributed by atoms with Crippen LogP contribution in [0, 0.1) is 0 Å². The number of rotatable bonds is 10. The van der Waals surface area contributed by atoms with E-state index in [0.29, 0.717) is 0 Å². The summed E-state index contributed by atoms with van der Waals surface area (Å²) in [6.45, 7) is 6.78. The van der Waals surface area contributed by atoms with E-state index in [4.69, 9.17) is 14.9 Å². The van der Waals surface area contributed by atoms with Crippen LogP contribution in [0.15, 0.2) is 0 Å². The molecule has 3 heteroatoms. The fraction of sp³-hybridized carbons (Fsp3) is 1.00. The van der Waals surface area contributed by atoms with Crippen molar-refractivity contribution in [1.29, 1.82) is 0 Å². The highest BCUT2D eigenvalue weighted by Gasteiger charge is 1.84. The number of hydrogen-bond donors (Lipinski definition) is 2. The van der Waals surface area contributed by atoms with Gasteiger partial charge in [-0.1, -0.05) is 26.7 Å². The molecule has 0 aromatic rings. The zero-order chi connectivity index (χ0) is 12.5. The number of hydrogen-bond acceptors (Lipinski definition) is 3. The van der Waals surface area contributed by atoms with Gasteiger partial charge in [-0.3, -0.25) is 0 Å². The largest absolute Gasteiger partial charge is 0.396 e. The SMILES string of the molecule is CCCCOCCCC.OCCCCCO. The molecular formula is C13H30O3. The molecule has 16 heavy (non-hydrogen) atoms. The molecule has 0 aromatic carbocycles. The van der Waals surface area contributed by atoms with E-state index in [9.17, 15) is 0 Å². The van der Waals surface area contributed by atoms with Crippen molar-refractivity contribution in [3.8, 4) is 0 Å². The normalized spacial score (nSPS) is 9.75. The third kappa shape index (κ3) is 23.6. The van der Waals surface area contributed by atoms with E-state index in [0.717, 1.165) is 32.5 Å². The molecule has 0 saturated heterocycles. The second-order valence-corrected chi connectivity index (χ2v) is 3.83. The highest BCUT2D eigenvalue weighted by molar-refractivity contribution is 4.35. The van der Waals surface area contributed by atoms with Crippen LogP contribution in [0.1, 0.15) is 58.8 Å². The Morgan fingerprint density at radius 2 is 1.12 bits per heavy atom. The maximum Gasteiger partial charge on any atom is 0.0465 e. The minimum absolute atomic E-state index is 0.250. The number of ether oxygens (including phenoxy) is 1. The molecule has 3 nitrogen and oxygen atoms in total. The molecule has 0 atom stereocenters. The fourth-order valence-corrected chi connectivity index (χ4v) is 0.995. The van der Waals surface area contributed by atoms with Gasteiger partial charge in [0.25, 0.3) is 0 Å². The molecule has 0 rings (SSSR count). The summed E-state index contributed by atoms with van der Waals surface area (Å²) >= 11 is 0. The summed E-state index contributed by atoms with van der Waals surface area (Å²) in [4.78, 5) is 0. The van der Waals surface area contributed by atoms with Crippen LogP contribution in [0.2, 0.25) is 0 Å². The molecular weight excluding hydrogens is 204 g/mol. The lowest BCUT2D eigenvalue weighted by atomic mass is 10.2. The Bertz CT molecular complexity index is 87.2. The van der Waals surface area contributed by atoms with Gasteiger partial charge < -0.3 is 14.9 Å². The first kappa shape index (κ1) is 18.3. The predicted molar refractivity (Wildman–Crippen MR) is 68.7 cm³/mol. The molecule has 2 N–H and O–H groups in total. The van der Waals surface area contributed by atoms with Crippen LogP contribution in [0.25, 0.3) is 0 Å². The molecule has 0 heterocycles. The molecule has 0 aliphatic rings. The summed E-state index contributed by atoms with van der Waals surface area (Å²) in [6.07, 6.45) is 7.49. The van der Waals surface area contributed by atoms with Crippen molar-refractivity contribution in [3.05, 3.63) is 0 Å². The summed E-state index contributed by atoms with van der Waals surface area (Å²) in [6, 6.07) is 0. The molecule has 0 aliphatic heterocycles. The van der Waals surface area contributed by atoms with E-state index in [1.807, 2.05) is 0 Å². The van der Waals surface area contributed by atoms with Gasteiger partial charge in [0.15, 0.2) is 0 Å². The summed E-state index contributed by atoms with van der Waals surface area (Å²) in [7, 11) is 0. The third-order valence-electron chi connectivity index (χ3n) is 2.10. The second-order valence-electron chi connectivity index (χ2n) is 3.83. The molecule has 0 spiro atoms. The Morgan fingerprint density at radius 1 is 0.688 bits per heavy atom. The van der Waals surface area contributed by atoms with Gasteiger partial charge >= 0.3 is 0 Å². The van der Waals surface area contributed by atoms with E-state index in [-0.39, 0.29) is 13.2 Å². The maximum absolute atomic E-state index is 8.21. The molecule has 0 amide bonds. The van der Waals surface area contributed by atoms with Gasteiger partial charge in [0.1, 0.15) is 0 Å². The predicted octanol–water partition coefficient (Wildman–Crippen LogP) is 2.74. The average Bonchev–Trinajstić information content (AvgIpc) is 2.31. The van der Waals surface area contributed by atoms with Gasteiger partial charge in [-0.25, -0.2) is 0 Å². The highest BCUT2D eigenvalue weighted by atomic mass is 16.5. The second kappa shape index (κ2) is 20.3. The van der Waals surface area contributed by atoms with Crippen molar-refractivity contribution in [3.63, 3.8) is 0 Å². The molecule has 0 fully saturated rings. The Kier molecular flexibility index (Phi) is 23.2. The van der Waals surface area contributed by atoms with Crippen molar-refractivity contribution in [2.75, 3.05) is 26.4 Å². The Balaban J connectivity index is 0. The Labute approximate surface area is 101 Å². The highest BCUT2D eigenvalue weighted by Crippen LogP contribution is 1.91. The van der Waals surface area contributed by atoms with Crippen LogP contribution < -0.4 is 0 Å². The smallest absolute Gasteiger partial charge is 0.0465 e. The van der Waals surface area contributed by atoms with Crippen LogP contribution in [0.3, 0.4) is 0 Å². The minimum Gasteiger partial charge on any atom is -0.396 e. The molecule has 0 radical (unpaired) electrons. The quantitative estimate of drug-likeness (QED) is 0.571. The molecule has 0 aliphatic carbocycles. The minimum atomic E-state index is 0.250. The summed E-state index contributed by atoms with van der Waals surface area (Å²) in [5.41, 5.74) is 0. The van der Waals surface area contributed by atoms with E-state index < -0.39 is 0 Å². The Morgan fingerprint density at radius 3 is 1.44 bits per heavy atom. The zero-order valence-corrected chi connectivity index (χ0v) is 11.1. The first-order valence-corrected chi connectivity index (χ1v) is 6.62. The molecule has 0 saturated carbocycles. The van der Waals surface area contributed by atoms with Crippen LogP contribution in [0.4, 0.5) is 0 Å².